The van der Waals surface area contributed by atoms with Crippen LogP contribution in [0.4, 0.5) is 10.2 Å². The molecule has 2 bridgehead atoms. The molecule has 3 aromatic heterocycles. The lowest BCUT2D eigenvalue weighted by atomic mass is 9.96. The van der Waals surface area contributed by atoms with Gasteiger partial charge in [-0.1, -0.05) is 0 Å². The Hall–Kier alpha value is -3.03. The summed E-state index contributed by atoms with van der Waals surface area (Å²) >= 11 is 0. The molecular weight excluding hydrogens is 383 g/mol. The van der Waals surface area contributed by atoms with Crippen molar-refractivity contribution in [2.24, 2.45) is 5.92 Å². The normalized spacial score (nSPS) is 28.2. The van der Waals surface area contributed by atoms with Crippen molar-refractivity contribution in [2.75, 3.05) is 11.4 Å². The number of nitrogens with zero attached hydrogens (tertiary/aromatic N) is 5. The first-order valence-electron chi connectivity index (χ1n) is 10.7. The molecule has 1 saturated heterocycles. The largest absolute Gasteiger partial charge is 0.345 e. The van der Waals surface area contributed by atoms with Crippen molar-refractivity contribution < 1.29 is 9.18 Å². The van der Waals surface area contributed by atoms with Crippen molar-refractivity contribution in [1.29, 1.82) is 0 Å². The smallest absolute Gasteiger partial charge is 0.272 e. The molecule has 7 nitrogen and oxygen atoms in total. The van der Waals surface area contributed by atoms with Gasteiger partial charge < -0.3 is 10.2 Å². The summed E-state index contributed by atoms with van der Waals surface area (Å²) in [6.45, 7) is 0.860. The fraction of sp³-hybridized carbons (Fsp3) is 0.455. The van der Waals surface area contributed by atoms with Crippen molar-refractivity contribution >= 4 is 17.4 Å². The van der Waals surface area contributed by atoms with Gasteiger partial charge in [-0.25, -0.2) is 13.9 Å². The number of hydrogen-bond donors (Lipinski definition) is 1. The number of carbonyl (C=O) groups excluding carboxylic acids is 1. The highest BCUT2D eigenvalue weighted by atomic mass is 19.1. The zero-order valence-electron chi connectivity index (χ0n) is 16.4. The molecule has 5 heterocycles. The minimum atomic E-state index is -0.292. The number of carbonyl (C=O) groups is 1. The lowest BCUT2D eigenvalue weighted by Crippen LogP contribution is -2.38. The van der Waals surface area contributed by atoms with E-state index in [4.69, 9.17) is 5.10 Å². The number of hydrogen-bond acceptors (Lipinski definition) is 5. The number of anilines is 1. The van der Waals surface area contributed by atoms with Crippen LogP contribution in [0.1, 0.15) is 53.8 Å². The average Bonchev–Trinajstić information content (AvgIpc) is 3.58. The number of rotatable bonds is 0. The number of pyridine rings is 1. The Kier molecular flexibility index (Phi) is 2.99. The molecule has 4 aliphatic rings. The van der Waals surface area contributed by atoms with E-state index in [1.54, 1.807) is 16.8 Å². The van der Waals surface area contributed by atoms with Crippen LogP contribution in [0.3, 0.4) is 0 Å². The number of fused-ring (bicyclic) bond motifs is 3. The van der Waals surface area contributed by atoms with Gasteiger partial charge in [0.25, 0.3) is 5.91 Å². The zero-order valence-corrected chi connectivity index (χ0v) is 16.4. The summed E-state index contributed by atoms with van der Waals surface area (Å²) in [4.78, 5) is 24.2. The molecule has 7 rings (SSSR count). The number of piperidine rings is 1. The Morgan fingerprint density at radius 2 is 2.07 bits per heavy atom. The number of imidazole rings is 1. The summed E-state index contributed by atoms with van der Waals surface area (Å²) in [6.07, 6.45) is 8.39. The molecule has 1 N–H and O–H groups in total. The van der Waals surface area contributed by atoms with Gasteiger partial charge in [-0.3, -0.25) is 9.78 Å². The van der Waals surface area contributed by atoms with Crippen molar-refractivity contribution in [3.8, 4) is 0 Å². The molecular formula is C22H21FN6O. The van der Waals surface area contributed by atoms with E-state index in [2.05, 4.69) is 20.2 Å². The highest BCUT2D eigenvalue weighted by Gasteiger charge is 2.64. The summed E-state index contributed by atoms with van der Waals surface area (Å²) in [6, 6.07) is 5.54. The molecule has 2 saturated carbocycles. The van der Waals surface area contributed by atoms with Gasteiger partial charge in [0.1, 0.15) is 11.6 Å². The maximum absolute atomic E-state index is 14.3. The van der Waals surface area contributed by atoms with Crippen molar-refractivity contribution in [2.45, 2.75) is 49.6 Å². The number of aryl methyl sites for hydroxylation is 1. The monoisotopic (exact) mass is 404 g/mol. The van der Waals surface area contributed by atoms with Crippen LogP contribution in [-0.2, 0) is 12.0 Å². The molecule has 1 amide bonds. The highest BCUT2D eigenvalue weighted by Crippen LogP contribution is 2.64. The first-order valence-corrected chi connectivity index (χ1v) is 10.7. The molecule has 3 fully saturated rings. The van der Waals surface area contributed by atoms with Crippen molar-refractivity contribution in [1.82, 2.24) is 24.9 Å². The molecule has 152 valence electrons. The van der Waals surface area contributed by atoms with Gasteiger partial charge in [-0.2, -0.15) is 0 Å². The first-order chi connectivity index (χ1) is 14.6. The molecule has 8 heteroatoms. The van der Waals surface area contributed by atoms with Gasteiger partial charge in [-0.15, -0.1) is 5.10 Å². The van der Waals surface area contributed by atoms with Gasteiger partial charge in [0.15, 0.2) is 11.3 Å². The molecule has 0 aromatic carbocycles. The SMILES string of the molecule is O=C1NC2(CCc3ncc(F)cc3[C@@]34C[C@@H]3CCN4c3ccc4ncc1n4n3)CC2. The predicted octanol–water partition coefficient (Wildman–Crippen LogP) is 2.60. The zero-order chi connectivity index (χ0) is 20.1. The molecule has 3 aromatic rings. The lowest BCUT2D eigenvalue weighted by Gasteiger charge is -2.31. The van der Waals surface area contributed by atoms with Crippen LogP contribution in [-0.4, -0.2) is 37.6 Å². The third-order valence-corrected chi connectivity index (χ3v) is 7.59. The predicted molar refractivity (Wildman–Crippen MR) is 107 cm³/mol. The second-order valence-electron chi connectivity index (χ2n) is 9.25. The van der Waals surface area contributed by atoms with Crippen LogP contribution >= 0.6 is 0 Å². The lowest BCUT2D eigenvalue weighted by molar-refractivity contribution is 0.0922. The fourth-order valence-electron chi connectivity index (χ4n) is 5.72. The average molecular weight is 404 g/mol. The maximum atomic E-state index is 14.3. The number of halogens is 1. The third-order valence-electron chi connectivity index (χ3n) is 7.59. The summed E-state index contributed by atoms with van der Waals surface area (Å²) in [5.74, 6) is 0.848. The van der Waals surface area contributed by atoms with Crippen LogP contribution in [0, 0.1) is 11.7 Å². The Labute approximate surface area is 172 Å². The molecule has 2 aliphatic heterocycles. The quantitative estimate of drug-likeness (QED) is 0.623. The van der Waals surface area contributed by atoms with E-state index in [9.17, 15) is 9.18 Å². The van der Waals surface area contributed by atoms with Crippen LogP contribution in [0.5, 0.6) is 0 Å². The second-order valence-corrected chi connectivity index (χ2v) is 9.25. The molecule has 30 heavy (non-hydrogen) atoms. The Morgan fingerprint density at radius 3 is 2.90 bits per heavy atom. The Bertz CT molecular complexity index is 1230. The van der Waals surface area contributed by atoms with E-state index < -0.39 is 0 Å². The van der Waals surface area contributed by atoms with E-state index in [1.165, 1.54) is 6.20 Å². The summed E-state index contributed by atoms with van der Waals surface area (Å²) in [5.41, 5.74) is 2.61. The van der Waals surface area contributed by atoms with E-state index in [0.717, 1.165) is 62.1 Å². The Morgan fingerprint density at radius 1 is 1.17 bits per heavy atom. The van der Waals surface area contributed by atoms with Crippen molar-refractivity contribution in [3.63, 3.8) is 0 Å². The minimum Gasteiger partial charge on any atom is -0.345 e. The van der Waals surface area contributed by atoms with Crippen molar-refractivity contribution in [3.05, 3.63) is 53.4 Å². The van der Waals surface area contributed by atoms with E-state index in [1.807, 2.05) is 12.1 Å². The first kappa shape index (κ1) is 16.7. The van der Waals surface area contributed by atoms with Gasteiger partial charge in [-0.05, 0) is 62.6 Å². The van der Waals surface area contributed by atoms with E-state index in [0.29, 0.717) is 17.3 Å². The molecule has 0 unspecified atom stereocenters. The highest BCUT2D eigenvalue weighted by molar-refractivity contribution is 5.94. The number of nitrogens with one attached hydrogen (secondary N) is 1. The summed E-state index contributed by atoms with van der Waals surface area (Å²) in [5, 5.41) is 8.03. The standard InChI is InChI=1S/C22H21FN6O/c23-14-9-15-16(24-11-14)3-5-21(6-7-21)26-20(30)17-12-25-18-1-2-19(27-29(17)18)28-8-4-13-10-22(13,15)28/h1-2,9,11-13H,3-8,10H2,(H,26,30)/t13-,22+/m0/s1. The van der Waals surface area contributed by atoms with Gasteiger partial charge in [0, 0.05) is 23.3 Å². The molecule has 0 radical (unpaired) electrons. The summed E-state index contributed by atoms with van der Waals surface area (Å²) < 4.78 is 16.0. The third kappa shape index (κ3) is 2.14. The van der Waals surface area contributed by atoms with Crippen LogP contribution < -0.4 is 10.2 Å². The molecule has 2 spiro atoms. The fourth-order valence-corrected chi connectivity index (χ4v) is 5.72. The summed E-state index contributed by atoms with van der Waals surface area (Å²) in [7, 11) is 0. The number of amides is 1. The van der Waals surface area contributed by atoms with Crippen LogP contribution in [0.25, 0.3) is 5.65 Å². The minimum absolute atomic E-state index is 0.142. The maximum Gasteiger partial charge on any atom is 0.272 e. The second kappa shape index (κ2) is 5.36. The molecule has 2 atom stereocenters. The van der Waals surface area contributed by atoms with E-state index >= 15 is 0 Å². The number of aromatic nitrogens is 4. The van der Waals surface area contributed by atoms with Crippen LogP contribution in [0.2, 0.25) is 0 Å². The van der Waals surface area contributed by atoms with Gasteiger partial charge >= 0.3 is 0 Å². The van der Waals surface area contributed by atoms with Crippen LogP contribution in [0.15, 0.2) is 30.6 Å². The van der Waals surface area contributed by atoms with Gasteiger partial charge in [0.05, 0.1) is 17.9 Å². The topological polar surface area (TPSA) is 75.4 Å². The van der Waals surface area contributed by atoms with Gasteiger partial charge in [0.2, 0.25) is 0 Å². The Balaban J connectivity index is 1.46. The molecule has 2 aliphatic carbocycles. The van der Waals surface area contributed by atoms with E-state index in [-0.39, 0.29) is 22.8 Å².